The van der Waals surface area contributed by atoms with E-state index in [2.05, 4.69) is 15.3 Å². The van der Waals surface area contributed by atoms with Crippen molar-refractivity contribution in [3.8, 4) is 5.75 Å². The van der Waals surface area contributed by atoms with Crippen LogP contribution < -0.4 is 10.1 Å². The molecule has 29 heavy (non-hydrogen) atoms. The average Bonchev–Trinajstić information content (AvgIpc) is 3.22. The zero-order chi connectivity index (χ0) is 20.2. The highest BCUT2D eigenvalue weighted by atomic mass is 16.5. The van der Waals surface area contributed by atoms with Crippen LogP contribution in [0.2, 0.25) is 0 Å². The van der Waals surface area contributed by atoms with Crippen LogP contribution in [-0.4, -0.2) is 52.4 Å². The first kappa shape index (κ1) is 19.0. The number of aromatic nitrogens is 2. The molecule has 1 aliphatic rings. The van der Waals surface area contributed by atoms with E-state index < -0.39 is 0 Å². The number of hydrogen-bond acceptors (Lipinski definition) is 4. The van der Waals surface area contributed by atoms with Gasteiger partial charge in [0.1, 0.15) is 5.75 Å². The predicted octanol–water partition coefficient (Wildman–Crippen LogP) is 3.00. The lowest BCUT2D eigenvalue weighted by Crippen LogP contribution is -2.46. The predicted molar refractivity (Wildman–Crippen MR) is 110 cm³/mol. The average molecular weight is 392 g/mol. The van der Waals surface area contributed by atoms with Gasteiger partial charge in [-0.1, -0.05) is 0 Å². The van der Waals surface area contributed by atoms with Crippen molar-refractivity contribution in [1.29, 1.82) is 0 Å². The van der Waals surface area contributed by atoms with Crippen LogP contribution in [0.15, 0.2) is 48.8 Å². The number of carbonyl (C=O) groups is 2. The quantitative estimate of drug-likeness (QED) is 0.699. The van der Waals surface area contributed by atoms with Gasteiger partial charge in [-0.3, -0.25) is 9.59 Å². The number of carbonyl (C=O) groups excluding carboxylic acids is 2. The van der Waals surface area contributed by atoms with Crippen LogP contribution in [0, 0.1) is 0 Å². The Morgan fingerprint density at radius 1 is 1.14 bits per heavy atom. The Kier molecular flexibility index (Phi) is 5.46. The van der Waals surface area contributed by atoms with E-state index >= 15 is 0 Å². The van der Waals surface area contributed by atoms with Crippen molar-refractivity contribution in [3.63, 3.8) is 0 Å². The fourth-order valence-corrected chi connectivity index (χ4v) is 3.62. The lowest BCUT2D eigenvalue weighted by Gasteiger charge is -2.32. The molecule has 1 fully saturated rings. The number of fused-ring (bicyclic) bond motifs is 1. The number of benzene rings is 2. The van der Waals surface area contributed by atoms with Gasteiger partial charge in [0.25, 0.3) is 11.8 Å². The Bertz CT molecular complexity index is 1000. The van der Waals surface area contributed by atoms with Gasteiger partial charge in [0.2, 0.25) is 0 Å². The molecule has 7 nitrogen and oxygen atoms in total. The molecule has 0 unspecified atom stereocenters. The first-order valence-corrected chi connectivity index (χ1v) is 9.90. The number of aromatic amines is 1. The number of imidazole rings is 1. The fourth-order valence-electron chi connectivity index (χ4n) is 3.62. The number of hydrogen-bond donors (Lipinski definition) is 2. The van der Waals surface area contributed by atoms with Gasteiger partial charge < -0.3 is 19.9 Å². The molecule has 0 radical (unpaired) electrons. The molecule has 0 bridgehead atoms. The van der Waals surface area contributed by atoms with Crippen LogP contribution in [0.1, 0.15) is 40.5 Å². The molecular formula is C22H24N4O3. The number of likely N-dealkylation sites (tertiary alicyclic amines) is 1. The van der Waals surface area contributed by atoms with E-state index in [4.69, 9.17) is 4.74 Å². The summed E-state index contributed by atoms with van der Waals surface area (Å²) in [7, 11) is 0. The van der Waals surface area contributed by atoms with Crippen LogP contribution >= 0.6 is 0 Å². The minimum absolute atomic E-state index is 0.0162. The first-order chi connectivity index (χ1) is 14.1. The molecule has 4 rings (SSSR count). The summed E-state index contributed by atoms with van der Waals surface area (Å²) in [6.07, 6.45) is 3.09. The van der Waals surface area contributed by atoms with Crippen molar-refractivity contribution < 1.29 is 14.3 Å². The third-order valence-corrected chi connectivity index (χ3v) is 5.21. The zero-order valence-electron chi connectivity index (χ0n) is 16.4. The smallest absolute Gasteiger partial charge is 0.253 e. The number of piperidine rings is 1. The van der Waals surface area contributed by atoms with Gasteiger partial charge in [0.15, 0.2) is 0 Å². The van der Waals surface area contributed by atoms with E-state index in [1.54, 1.807) is 24.5 Å². The lowest BCUT2D eigenvalue weighted by molar-refractivity contribution is 0.0698. The van der Waals surface area contributed by atoms with Crippen molar-refractivity contribution in [2.75, 3.05) is 19.7 Å². The number of nitrogens with one attached hydrogen (secondary N) is 2. The largest absolute Gasteiger partial charge is 0.494 e. The molecular weight excluding hydrogens is 368 g/mol. The van der Waals surface area contributed by atoms with E-state index in [1.165, 1.54) is 0 Å². The van der Waals surface area contributed by atoms with Gasteiger partial charge in [0, 0.05) is 30.3 Å². The Morgan fingerprint density at radius 2 is 1.86 bits per heavy atom. The zero-order valence-corrected chi connectivity index (χ0v) is 16.4. The van der Waals surface area contributed by atoms with Gasteiger partial charge in [-0.15, -0.1) is 0 Å². The van der Waals surface area contributed by atoms with Crippen molar-refractivity contribution in [2.24, 2.45) is 0 Å². The highest BCUT2D eigenvalue weighted by Gasteiger charge is 2.25. The second kappa shape index (κ2) is 8.34. The number of amides is 2. The molecule has 7 heteroatoms. The molecule has 1 saturated heterocycles. The second-order valence-corrected chi connectivity index (χ2v) is 7.13. The maximum absolute atomic E-state index is 12.7. The normalized spacial score (nSPS) is 14.7. The standard InChI is InChI=1S/C22H24N4O3/c1-2-29-18-6-3-15(4-7-18)22(28)26-11-9-17(10-12-26)25-21(27)16-5-8-19-20(13-16)24-14-23-19/h3-8,13-14,17H,2,9-12H2,1H3,(H,23,24)(H,25,27). The fraction of sp³-hybridized carbons (Fsp3) is 0.318. The summed E-state index contributed by atoms with van der Waals surface area (Å²) in [5.74, 6) is 0.680. The summed E-state index contributed by atoms with van der Waals surface area (Å²) in [5, 5.41) is 3.09. The molecule has 1 aliphatic heterocycles. The SMILES string of the molecule is CCOc1ccc(C(=O)N2CCC(NC(=O)c3ccc4nc[nH]c4c3)CC2)cc1. The van der Waals surface area contributed by atoms with Crippen molar-refractivity contribution in [3.05, 3.63) is 59.9 Å². The molecule has 0 atom stereocenters. The minimum atomic E-state index is -0.0993. The summed E-state index contributed by atoms with van der Waals surface area (Å²) in [5.41, 5.74) is 2.94. The molecule has 2 aromatic carbocycles. The topological polar surface area (TPSA) is 87.3 Å². The lowest BCUT2D eigenvalue weighted by atomic mass is 10.0. The molecule has 0 spiro atoms. The van der Waals surface area contributed by atoms with Crippen LogP contribution in [0.5, 0.6) is 5.75 Å². The third-order valence-electron chi connectivity index (χ3n) is 5.21. The van der Waals surface area contributed by atoms with Crippen molar-refractivity contribution in [1.82, 2.24) is 20.2 Å². The Morgan fingerprint density at radius 3 is 2.59 bits per heavy atom. The van der Waals surface area contributed by atoms with Gasteiger partial charge in [-0.25, -0.2) is 4.98 Å². The Labute approximate surface area is 169 Å². The first-order valence-electron chi connectivity index (χ1n) is 9.90. The second-order valence-electron chi connectivity index (χ2n) is 7.13. The van der Waals surface area contributed by atoms with Crippen LogP contribution in [-0.2, 0) is 0 Å². The van der Waals surface area contributed by atoms with Crippen molar-refractivity contribution >= 4 is 22.8 Å². The molecule has 1 aromatic heterocycles. The summed E-state index contributed by atoms with van der Waals surface area (Å²) in [6, 6.07) is 12.7. The van der Waals surface area contributed by atoms with Gasteiger partial charge in [0.05, 0.1) is 24.0 Å². The summed E-state index contributed by atoms with van der Waals surface area (Å²) in [4.78, 5) is 34.3. The molecule has 3 aromatic rings. The van der Waals surface area contributed by atoms with E-state index in [9.17, 15) is 9.59 Å². The number of ether oxygens (including phenoxy) is 1. The minimum Gasteiger partial charge on any atom is -0.494 e. The van der Waals surface area contributed by atoms with Gasteiger partial charge in [-0.2, -0.15) is 0 Å². The molecule has 150 valence electrons. The van der Waals surface area contributed by atoms with Crippen LogP contribution in [0.3, 0.4) is 0 Å². The van der Waals surface area contributed by atoms with Crippen molar-refractivity contribution in [2.45, 2.75) is 25.8 Å². The molecule has 2 N–H and O–H groups in total. The number of H-pyrrole nitrogens is 1. The molecule has 0 saturated carbocycles. The van der Waals surface area contributed by atoms with Crippen LogP contribution in [0.4, 0.5) is 0 Å². The molecule has 2 heterocycles. The third kappa shape index (κ3) is 4.23. The monoisotopic (exact) mass is 392 g/mol. The van der Waals surface area contributed by atoms with Gasteiger partial charge >= 0.3 is 0 Å². The Hall–Kier alpha value is -3.35. The summed E-state index contributed by atoms with van der Waals surface area (Å²) in [6.45, 7) is 3.77. The maximum Gasteiger partial charge on any atom is 0.253 e. The Balaban J connectivity index is 1.31. The van der Waals surface area contributed by atoms with Crippen LogP contribution in [0.25, 0.3) is 11.0 Å². The number of rotatable bonds is 5. The highest BCUT2D eigenvalue weighted by Crippen LogP contribution is 2.18. The van der Waals surface area contributed by atoms with E-state index in [0.29, 0.717) is 30.8 Å². The van der Waals surface area contributed by atoms with E-state index in [-0.39, 0.29) is 17.9 Å². The summed E-state index contributed by atoms with van der Waals surface area (Å²) >= 11 is 0. The highest BCUT2D eigenvalue weighted by molar-refractivity contribution is 5.97. The molecule has 2 amide bonds. The van der Waals surface area contributed by atoms with E-state index in [0.717, 1.165) is 29.6 Å². The maximum atomic E-state index is 12.7. The van der Waals surface area contributed by atoms with Gasteiger partial charge in [-0.05, 0) is 62.2 Å². The molecule has 0 aliphatic carbocycles. The summed E-state index contributed by atoms with van der Waals surface area (Å²) < 4.78 is 5.42. The van der Waals surface area contributed by atoms with E-state index in [1.807, 2.05) is 36.1 Å². The number of nitrogens with zero attached hydrogens (tertiary/aromatic N) is 2.